The molecule has 0 unspecified atom stereocenters. The van der Waals surface area contributed by atoms with E-state index in [0.29, 0.717) is 0 Å². The first-order valence-electron chi connectivity index (χ1n) is 5.45. The van der Waals surface area contributed by atoms with Crippen LogP contribution in [-0.4, -0.2) is 53.7 Å². The monoisotopic (exact) mass is 442 g/mol. The Morgan fingerprint density at radius 2 is 0.320 bits per heavy atom. The normalized spacial score (nSPS) is 25.9. The van der Waals surface area contributed by atoms with Crippen LogP contribution in [0.3, 0.4) is 0 Å². The van der Waals surface area contributed by atoms with Crippen molar-refractivity contribution in [1.82, 2.24) is 0 Å². The first-order chi connectivity index (χ1) is 10.9. The van der Waals surface area contributed by atoms with Gasteiger partial charge in [-0.25, -0.2) is 0 Å². The van der Waals surface area contributed by atoms with Crippen molar-refractivity contribution < 1.29 is 57.5 Å². The van der Waals surface area contributed by atoms with E-state index in [0.717, 1.165) is 0 Å². The van der Waals surface area contributed by atoms with Gasteiger partial charge in [0, 0.05) is 0 Å². The number of hydrogen-bond acceptors (Lipinski definition) is 12. The van der Waals surface area contributed by atoms with E-state index in [-0.39, 0.29) is 0 Å². The van der Waals surface area contributed by atoms with E-state index in [1.807, 2.05) is 0 Å². The molecule has 0 saturated carbocycles. The minimum atomic E-state index is -16.1. The summed E-state index contributed by atoms with van der Waals surface area (Å²) in [6.07, 6.45) is 0. The molecule has 0 bridgehead atoms. The van der Waals surface area contributed by atoms with Crippen LogP contribution >= 0.6 is 0 Å². The minimum absolute atomic E-state index is 1.13. The second kappa shape index (κ2) is 1.25. The molecular formula is C12H4O12Ru. The Hall–Kier alpha value is -4.42. The van der Waals surface area contributed by atoms with E-state index in [1.165, 1.54) is 0 Å². The van der Waals surface area contributed by atoms with Crippen LogP contribution in [0, 0.1) is 0 Å². The molecule has 13 heteroatoms. The van der Waals surface area contributed by atoms with Crippen molar-refractivity contribution in [3.63, 3.8) is 0 Å². The van der Waals surface area contributed by atoms with Crippen molar-refractivity contribution in [1.29, 1.82) is 0 Å². The molecule has 12 nitrogen and oxygen atoms in total. The molecule has 0 aliphatic heterocycles. The molecule has 132 valence electrons. The predicted molar refractivity (Wildman–Crippen MR) is 73.9 cm³/mol. The molecule has 0 spiro atoms. The van der Waals surface area contributed by atoms with Crippen LogP contribution in [0.4, 0.5) is 0 Å². The second-order valence-corrected chi connectivity index (χ2v) is 56.1. The van der Waals surface area contributed by atoms with Crippen LogP contribution in [-0.2, 0) is 57.5 Å². The third-order valence-corrected chi connectivity index (χ3v) is 39.9. The van der Waals surface area contributed by atoms with E-state index >= 15 is 0 Å². The number of carbonyl (C=O) groups excluding carboxylic acids is 12. The number of rotatable bonds is 0. The second-order valence-electron chi connectivity index (χ2n) is 9.47. The topological polar surface area (TPSA) is 205 Å². The first kappa shape index (κ1) is 20.6. The van der Waals surface area contributed by atoms with Gasteiger partial charge in [0.1, 0.15) is 0 Å². The fourth-order valence-corrected chi connectivity index (χ4v) is 8.13. The van der Waals surface area contributed by atoms with E-state index in [1.54, 1.807) is 0 Å². The summed E-state index contributed by atoms with van der Waals surface area (Å²) in [7, 11) is 0. The maximum atomic E-state index is 12.0. The molecule has 0 fully saturated rings. The zero-order valence-electron chi connectivity index (χ0n) is 11.4. The summed E-state index contributed by atoms with van der Waals surface area (Å²) in [6, 6.07) is 0. The molecule has 0 aromatic heterocycles. The summed E-state index contributed by atoms with van der Waals surface area (Å²) in [4.78, 5) is 144. The summed E-state index contributed by atoms with van der Waals surface area (Å²) in [5, 5.41) is 0. The molecule has 0 rings (SSSR count). The zero-order valence-corrected chi connectivity index (χ0v) is 13.9. The average molecular weight is 441 g/mol. The number of hydrogen-bond donors (Lipinski definition) is 0. The molecule has 0 aliphatic rings. The van der Waals surface area contributed by atoms with Crippen LogP contribution in [0.25, 0.3) is 0 Å². The van der Waals surface area contributed by atoms with Gasteiger partial charge < -0.3 is 0 Å². The fraction of sp³-hybridized carbons (Fsp3) is 0. The van der Waals surface area contributed by atoms with E-state index in [2.05, 4.69) is 0 Å². The van der Waals surface area contributed by atoms with E-state index < -0.39 is 53.6 Å². The molecule has 0 heterocycles. The van der Waals surface area contributed by atoms with Crippen LogP contribution in [0.15, 0.2) is 0 Å². The molecule has 0 N–H and O–H groups in total. The van der Waals surface area contributed by atoms with Crippen molar-refractivity contribution in [3.05, 3.63) is 0 Å². The van der Waals surface area contributed by atoms with Crippen molar-refractivity contribution >= 4 is 53.7 Å². The molecule has 0 atom stereocenters. The van der Waals surface area contributed by atoms with Crippen LogP contribution in [0.1, 0.15) is 0 Å². The molecule has 25 heavy (non-hydrogen) atoms. The van der Waals surface area contributed by atoms with Crippen LogP contribution in [0.5, 0.6) is 0 Å². The average Bonchev–Trinajstić information content (AvgIpc) is 2.79. The SMILES string of the molecule is O=[C]=[RuH4](=[C]=O)(=[C]=O)(=[C]=O)(=[C]=O)(=[C]=O)(=[C]=O)(=[C]=O)(=[C]=O)(=[C]=O)(=[C]=O)=[C]=O. The van der Waals surface area contributed by atoms with Gasteiger partial charge in [0.2, 0.25) is 0 Å². The van der Waals surface area contributed by atoms with E-state index in [9.17, 15) is 57.5 Å². The molecular weight excluding hydrogens is 437 g/mol. The molecule has 0 aliphatic carbocycles. The van der Waals surface area contributed by atoms with Gasteiger partial charge >= 0.3 is 111 Å². The van der Waals surface area contributed by atoms with Crippen LogP contribution in [0.2, 0.25) is 0 Å². The summed E-state index contributed by atoms with van der Waals surface area (Å²) in [6.45, 7) is 0. The summed E-state index contributed by atoms with van der Waals surface area (Å²) < 4.78 is -29.6. The first-order valence-corrected chi connectivity index (χ1v) is 20.2. The maximum absolute atomic E-state index is 16.1. The van der Waals surface area contributed by atoms with Gasteiger partial charge in [-0.05, 0) is 0 Å². The van der Waals surface area contributed by atoms with Crippen molar-refractivity contribution in [2.24, 2.45) is 0 Å². The quantitative estimate of drug-likeness (QED) is 0.322. The Labute approximate surface area is 111 Å². The van der Waals surface area contributed by atoms with Gasteiger partial charge in [0.25, 0.3) is 0 Å². The van der Waals surface area contributed by atoms with Gasteiger partial charge in [-0.2, -0.15) is 0 Å². The zero-order chi connectivity index (χ0) is 20.8. The summed E-state index contributed by atoms with van der Waals surface area (Å²) >= 11 is 0. The summed E-state index contributed by atoms with van der Waals surface area (Å²) in [5.74, 6) is 0. The summed E-state index contributed by atoms with van der Waals surface area (Å²) in [5.41, 5.74) is 0. The molecule has 0 radical (unpaired) electrons. The Bertz CT molecular complexity index is 3190. The van der Waals surface area contributed by atoms with Gasteiger partial charge in [-0.1, -0.05) is 0 Å². The van der Waals surface area contributed by atoms with Gasteiger partial charge in [-0.3, -0.25) is 0 Å². The molecule has 0 aromatic rings. The van der Waals surface area contributed by atoms with Gasteiger partial charge in [0.15, 0.2) is 0 Å². The van der Waals surface area contributed by atoms with Crippen molar-refractivity contribution in [3.8, 4) is 0 Å². The molecule has 0 aromatic carbocycles. The Kier molecular flexibility index (Phi) is 1.03. The standard InChI is InChI=1S/12CO.Ru.4H/c12*1-2;;;;;. The van der Waals surface area contributed by atoms with Gasteiger partial charge in [0.05, 0.1) is 0 Å². The Balaban J connectivity index is 21.2. The fourth-order valence-electron chi connectivity index (χ4n) is 1.37. The van der Waals surface area contributed by atoms with Crippen molar-refractivity contribution in [2.45, 2.75) is 0 Å². The Morgan fingerprint density at radius 1 is 0.240 bits per heavy atom. The van der Waals surface area contributed by atoms with Gasteiger partial charge in [-0.15, -0.1) is 0 Å². The molecule has 0 amide bonds. The van der Waals surface area contributed by atoms with Crippen molar-refractivity contribution in [2.75, 3.05) is 0 Å². The predicted octanol–water partition coefficient (Wildman–Crippen LogP) is -5.84. The Morgan fingerprint density at radius 3 is 0.320 bits per heavy atom. The third-order valence-electron chi connectivity index (χ3n) is 6.74. The third kappa shape index (κ3) is 0.372. The molecule has 0 saturated heterocycles. The van der Waals surface area contributed by atoms with Crippen LogP contribution < -0.4 is 0 Å². The van der Waals surface area contributed by atoms with E-state index in [4.69, 9.17) is 0 Å².